The molecule has 0 spiro atoms. The Kier molecular flexibility index (Phi) is 3.20. The number of piperidine rings is 1. The zero-order valence-electron chi connectivity index (χ0n) is 8.77. The zero-order valence-corrected chi connectivity index (χ0v) is 8.77. The van der Waals surface area contributed by atoms with Crippen molar-refractivity contribution in [2.75, 3.05) is 32.0 Å². The van der Waals surface area contributed by atoms with E-state index in [4.69, 9.17) is 5.73 Å². The molecule has 2 N–H and O–H groups in total. The molecule has 84 valence electrons. The van der Waals surface area contributed by atoms with E-state index in [1.165, 1.54) is 0 Å². The van der Waals surface area contributed by atoms with Crippen molar-refractivity contribution in [3.63, 3.8) is 0 Å². The molecule has 0 saturated carbocycles. The molecule has 5 heteroatoms. The summed E-state index contributed by atoms with van der Waals surface area (Å²) in [5, 5.41) is 4.21. The number of aromatic nitrogens is 2. The van der Waals surface area contributed by atoms with Crippen LogP contribution in [0.2, 0.25) is 0 Å². The number of alkyl halides is 1. The van der Waals surface area contributed by atoms with Crippen LogP contribution < -0.4 is 5.73 Å². The molecule has 0 bridgehead atoms. The molecular weight excluding hydrogens is 195 g/mol. The monoisotopic (exact) mass is 212 g/mol. The van der Waals surface area contributed by atoms with E-state index in [0.717, 1.165) is 25.9 Å². The number of nitrogen functional groups attached to an aromatic ring is 1. The van der Waals surface area contributed by atoms with Crippen molar-refractivity contribution in [2.45, 2.75) is 18.9 Å². The standard InChI is InChI=1S/C10H17FN4/c11-3-6-14-4-1-10(2-5-14)15-8-9(12)7-13-15/h7-8,10H,1-6,12H2. The van der Waals surface area contributed by atoms with Crippen LogP contribution in [0.4, 0.5) is 10.1 Å². The van der Waals surface area contributed by atoms with Gasteiger partial charge in [0.15, 0.2) is 0 Å². The van der Waals surface area contributed by atoms with Gasteiger partial charge in [-0.25, -0.2) is 4.39 Å². The van der Waals surface area contributed by atoms with Crippen molar-refractivity contribution in [3.8, 4) is 0 Å². The smallest absolute Gasteiger partial charge is 0.102 e. The Balaban J connectivity index is 1.88. The molecule has 0 amide bonds. The van der Waals surface area contributed by atoms with Crippen molar-refractivity contribution in [1.29, 1.82) is 0 Å². The third-order valence-electron chi connectivity index (χ3n) is 2.95. The average molecular weight is 212 g/mol. The van der Waals surface area contributed by atoms with E-state index >= 15 is 0 Å². The van der Waals surface area contributed by atoms with Crippen molar-refractivity contribution < 1.29 is 4.39 Å². The van der Waals surface area contributed by atoms with Crippen LogP contribution in [0.5, 0.6) is 0 Å². The second-order valence-electron chi connectivity index (χ2n) is 4.02. The van der Waals surface area contributed by atoms with Crippen LogP contribution in [0, 0.1) is 0 Å². The summed E-state index contributed by atoms with van der Waals surface area (Å²) in [6.07, 6.45) is 5.60. The molecule has 0 aliphatic carbocycles. The fourth-order valence-electron chi connectivity index (χ4n) is 2.08. The maximum absolute atomic E-state index is 12.1. The van der Waals surface area contributed by atoms with E-state index in [0.29, 0.717) is 18.3 Å². The molecule has 2 rings (SSSR count). The minimum Gasteiger partial charge on any atom is -0.396 e. The third-order valence-corrected chi connectivity index (χ3v) is 2.95. The first-order valence-corrected chi connectivity index (χ1v) is 5.37. The van der Waals surface area contributed by atoms with Gasteiger partial charge in [-0.15, -0.1) is 0 Å². The molecule has 1 aliphatic rings. The molecule has 1 saturated heterocycles. The second kappa shape index (κ2) is 4.61. The number of anilines is 1. The predicted octanol–water partition coefficient (Wildman–Crippen LogP) is 1.07. The molecular formula is C10H17FN4. The number of hydrogen-bond acceptors (Lipinski definition) is 3. The molecule has 1 aromatic heterocycles. The molecule has 15 heavy (non-hydrogen) atoms. The van der Waals surface area contributed by atoms with E-state index in [2.05, 4.69) is 10.00 Å². The zero-order chi connectivity index (χ0) is 10.7. The van der Waals surface area contributed by atoms with Gasteiger partial charge in [0, 0.05) is 25.8 Å². The number of likely N-dealkylation sites (tertiary alicyclic amines) is 1. The lowest BCUT2D eigenvalue weighted by Crippen LogP contribution is -2.36. The van der Waals surface area contributed by atoms with E-state index in [9.17, 15) is 4.39 Å². The van der Waals surface area contributed by atoms with Crippen LogP contribution in [0.25, 0.3) is 0 Å². The molecule has 1 fully saturated rings. The lowest BCUT2D eigenvalue weighted by atomic mass is 10.1. The lowest BCUT2D eigenvalue weighted by molar-refractivity contribution is 0.169. The van der Waals surface area contributed by atoms with E-state index < -0.39 is 0 Å². The molecule has 4 nitrogen and oxygen atoms in total. The van der Waals surface area contributed by atoms with Crippen molar-refractivity contribution in [1.82, 2.24) is 14.7 Å². The number of rotatable bonds is 3. The van der Waals surface area contributed by atoms with Gasteiger partial charge in [0.25, 0.3) is 0 Å². The van der Waals surface area contributed by atoms with Gasteiger partial charge < -0.3 is 10.6 Å². The van der Waals surface area contributed by atoms with Gasteiger partial charge in [0.1, 0.15) is 6.67 Å². The first-order valence-electron chi connectivity index (χ1n) is 5.37. The van der Waals surface area contributed by atoms with Crippen LogP contribution in [0.3, 0.4) is 0 Å². The quantitative estimate of drug-likeness (QED) is 0.815. The Morgan fingerprint density at radius 3 is 2.73 bits per heavy atom. The van der Waals surface area contributed by atoms with Gasteiger partial charge >= 0.3 is 0 Å². The van der Waals surface area contributed by atoms with Gasteiger partial charge in [-0.1, -0.05) is 0 Å². The summed E-state index contributed by atoms with van der Waals surface area (Å²) in [7, 11) is 0. The first-order chi connectivity index (χ1) is 7.29. The largest absolute Gasteiger partial charge is 0.396 e. The van der Waals surface area contributed by atoms with Crippen LogP contribution in [0.15, 0.2) is 12.4 Å². The van der Waals surface area contributed by atoms with E-state index in [1.54, 1.807) is 6.20 Å². The van der Waals surface area contributed by atoms with Crippen LogP contribution in [0.1, 0.15) is 18.9 Å². The molecule has 0 unspecified atom stereocenters. The Hall–Kier alpha value is -1.10. The normalized spacial score (nSPS) is 19.5. The molecule has 2 heterocycles. The molecule has 1 aromatic rings. The Bertz CT molecular complexity index is 304. The van der Waals surface area contributed by atoms with Gasteiger partial charge in [-0.3, -0.25) is 4.68 Å². The predicted molar refractivity (Wildman–Crippen MR) is 57.3 cm³/mol. The van der Waals surface area contributed by atoms with Gasteiger partial charge in [-0.2, -0.15) is 5.10 Å². The topological polar surface area (TPSA) is 47.1 Å². The van der Waals surface area contributed by atoms with Crippen LogP contribution in [-0.4, -0.2) is 41.0 Å². The lowest BCUT2D eigenvalue weighted by Gasteiger charge is -2.31. The maximum atomic E-state index is 12.1. The highest BCUT2D eigenvalue weighted by atomic mass is 19.1. The summed E-state index contributed by atoms with van der Waals surface area (Å²) >= 11 is 0. The SMILES string of the molecule is Nc1cnn(C2CCN(CCF)CC2)c1. The van der Waals surface area contributed by atoms with Gasteiger partial charge in [0.2, 0.25) is 0 Å². The Labute approximate surface area is 88.9 Å². The van der Waals surface area contributed by atoms with Gasteiger partial charge in [0.05, 0.1) is 17.9 Å². The van der Waals surface area contributed by atoms with Crippen LogP contribution >= 0.6 is 0 Å². The van der Waals surface area contributed by atoms with Crippen molar-refractivity contribution in [3.05, 3.63) is 12.4 Å². The minimum atomic E-state index is -0.251. The third kappa shape index (κ3) is 2.47. The summed E-state index contributed by atoms with van der Waals surface area (Å²) in [5.41, 5.74) is 6.33. The molecule has 1 aliphatic heterocycles. The summed E-state index contributed by atoms with van der Waals surface area (Å²) in [6.45, 7) is 2.22. The Morgan fingerprint density at radius 2 is 2.20 bits per heavy atom. The second-order valence-corrected chi connectivity index (χ2v) is 4.02. The van der Waals surface area contributed by atoms with Crippen LogP contribution in [-0.2, 0) is 0 Å². The summed E-state index contributed by atoms with van der Waals surface area (Å²) in [5.74, 6) is 0. The molecule has 0 atom stereocenters. The minimum absolute atomic E-state index is 0.251. The summed E-state index contributed by atoms with van der Waals surface area (Å²) < 4.78 is 14.1. The fraction of sp³-hybridized carbons (Fsp3) is 0.700. The molecule has 0 radical (unpaired) electrons. The number of hydrogen-bond donors (Lipinski definition) is 1. The number of nitrogens with two attached hydrogens (primary N) is 1. The number of nitrogens with zero attached hydrogens (tertiary/aromatic N) is 3. The molecule has 0 aromatic carbocycles. The summed E-state index contributed by atoms with van der Waals surface area (Å²) in [4.78, 5) is 2.16. The Morgan fingerprint density at radius 1 is 1.47 bits per heavy atom. The van der Waals surface area contributed by atoms with Gasteiger partial charge in [-0.05, 0) is 12.8 Å². The highest BCUT2D eigenvalue weighted by Crippen LogP contribution is 2.22. The highest BCUT2D eigenvalue weighted by Gasteiger charge is 2.20. The van der Waals surface area contributed by atoms with Crippen molar-refractivity contribution >= 4 is 5.69 Å². The van der Waals surface area contributed by atoms with E-state index in [1.807, 2.05) is 10.9 Å². The maximum Gasteiger partial charge on any atom is 0.102 e. The van der Waals surface area contributed by atoms with Crippen molar-refractivity contribution in [2.24, 2.45) is 0 Å². The van der Waals surface area contributed by atoms with E-state index in [-0.39, 0.29) is 6.67 Å². The number of halogens is 1. The first kappa shape index (κ1) is 10.4. The highest BCUT2D eigenvalue weighted by molar-refractivity contribution is 5.30. The average Bonchev–Trinajstić information content (AvgIpc) is 2.67. The fourth-order valence-corrected chi connectivity index (χ4v) is 2.08. The summed E-state index contributed by atoms with van der Waals surface area (Å²) in [6, 6.07) is 0.429.